The number of nitrogens with one attached hydrogen (secondary N) is 1. The highest BCUT2D eigenvalue weighted by Crippen LogP contribution is 2.37. The lowest BCUT2D eigenvalue weighted by Gasteiger charge is -2.30. The lowest BCUT2D eigenvalue weighted by Crippen LogP contribution is -2.28. The van der Waals surface area contributed by atoms with E-state index in [9.17, 15) is 8.78 Å². The van der Waals surface area contributed by atoms with Gasteiger partial charge < -0.3 is 9.62 Å². The Hall–Kier alpha value is -3.65. The first-order chi connectivity index (χ1) is 17.8. The largest absolute Gasteiger partial charge is 0.370 e. The second-order valence-electron chi connectivity index (χ2n) is 9.42. The van der Waals surface area contributed by atoms with Crippen molar-refractivity contribution in [1.29, 1.82) is 0 Å². The number of piperidine rings is 1. The summed E-state index contributed by atoms with van der Waals surface area (Å²) >= 11 is 0. The molecule has 0 atom stereocenters. The van der Waals surface area contributed by atoms with Gasteiger partial charge in [0.15, 0.2) is 0 Å². The fourth-order valence-electron chi connectivity index (χ4n) is 4.77. The van der Waals surface area contributed by atoms with Gasteiger partial charge in [0.2, 0.25) is 0 Å². The van der Waals surface area contributed by atoms with Crippen LogP contribution in [0.15, 0.2) is 66.5 Å². The Morgan fingerprint density at radius 3 is 2.51 bits per heavy atom. The van der Waals surface area contributed by atoms with Gasteiger partial charge in [-0.1, -0.05) is 25.2 Å². The number of aromatic nitrogens is 3. The first kappa shape index (κ1) is 25.0. The molecular formula is C29H31F2N5S. The normalized spacial score (nSPS) is 14.2. The summed E-state index contributed by atoms with van der Waals surface area (Å²) in [4.78, 5) is 11.8. The van der Waals surface area contributed by atoms with Crippen molar-refractivity contribution in [2.45, 2.75) is 37.5 Å². The second-order valence-corrected chi connectivity index (χ2v) is 11.8. The fraction of sp³-hybridized carbons (Fsp3) is 0.241. The van der Waals surface area contributed by atoms with Crippen molar-refractivity contribution in [3.8, 4) is 11.1 Å². The maximum atomic E-state index is 14.6. The monoisotopic (exact) mass is 519 g/mol. The van der Waals surface area contributed by atoms with Crippen molar-refractivity contribution < 1.29 is 8.78 Å². The molecule has 8 heteroatoms. The molecule has 1 saturated heterocycles. The van der Waals surface area contributed by atoms with Crippen LogP contribution in [0, 0.1) is 11.6 Å². The summed E-state index contributed by atoms with van der Waals surface area (Å²) in [5, 5.41) is 0. The molecule has 37 heavy (non-hydrogen) atoms. The number of aryl methyl sites for hydroxylation is 1. The average molecular weight is 520 g/mol. The Morgan fingerprint density at radius 2 is 1.78 bits per heavy atom. The second kappa shape index (κ2) is 10.0. The van der Waals surface area contributed by atoms with Crippen LogP contribution in [0.5, 0.6) is 0 Å². The number of imidazole rings is 1. The third-order valence-corrected chi connectivity index (χ3v) is 8.58. The van der Waals surface area contributed by atoms with E-state index in [0.717, 1.165) is 58.7 Å². The van der Waals surface area contributed by atoms with Gasteiger partial charge in [-0.25, -0.2) is 13.8 Å². The van der Waals surface area contributed by atoms with Gasteiger partial charge in [-0.15, -0.1) is 9.39 Å². The molecule has 0 aliphatic carbocycles. The number of halogens is 2. The van der Waals surface area contributed by atoms with Crippen LogP contribution in [-0.2, 0) is 6.42 Å². The Balaban J connectivity index is 1.51. The zero-order chi connectivity index (χ0) is 26.2. The van der Waals surface area contributed by atoms with Crippen LogP contribution < -0.4 is 4.72 Å². The molecule has 192 valence electrons. The standard InChI is InChI=1S/C29H31F2N5S/c1-5-25-26(34-37(3,4)28-11-10-23(30)16-24(28)31)15-22(17-32-25)21-9-12-29-33-18-27(36(29)19-21)20(2)35-13-7-6-8-14-35/h9-12,15-19,34H,2-8,13-14H2,1H3. The summed E-state index contributed by atoms with van der Waals surface area (Å²) in [5.41, 5.74) is 6.19. The van der Waals surface area contributed by atoms with E-state index >= 15 is 0 Å². The zero-order valence-electron chi connectivity index (χ0n) is 21.0. The molecule has 4 aromatic rings. The summed E-state index contributed by atoms with van der Waals surface area (Å²) in [7, 11) is -2.31. The Morgan fingerprint density at radius 1 is 1.00 bits per heavy atom. The number of nitrogens with zero attached hydrogens (tertiary/aromatic N) is 4. The van der Waals surface area contributed by atoms with E-state index in [-0.39, 0.29) is 4.90 Å². The first-order valence-electron chi connectivity index (χ1n) is 12.4. The molecule has 5 nitrogen and oxygen atoms in total. The third kappa shape index (κ3) is 4.98. The molecule has 1 aliphatic rings. The molecule has 3 aromatic heterocycles. The number of benzene rings is 1. The van der Waals surface area contributed by atoms with Crippen LogP contribution in [-0.4, -0.2) is 44.1 Å². The van der Waals surface area contributed by atoms with Crippen molar-refractivity contribution in [3.05, 3.63) is 84.6 Å². The predicted octanol–water partition coefficient (Wildman–Crippen LogP) is 6.75. The quantitative estimate of drug-likeness (QED) is 0.275. The predicted molar refractivity (Wildman–Crippen MR) is 152 cm³/mol. The van der Waals surface area contributed by atoms with Crippen molar-refractivity contribution >= 4 is 38.2 Å². The number of hydrogen-bond acceptors (Lipinski definition) is 4. The molecule has 0 amide bonds. The van der Waals surface area contributed by atoms with Crippen LogP contribution in [0.1, 0.15) is 37.6 Å². The SMILES string of the molecule is C=C(c1cnc2ccc(-c3cnc(CC)c(NS(=C)(=C)c4ccc(F)cc4F)c3)cn12)N1CCCCC1. The van der Waals surface area contributed by atoms with Crippen LogP contribution in [0.25, 0.3) is 22.5 Å². The Bertz CT molecular complexity index is 1580. The van der Waals surface area contributed by atoms with Gasteiger partial charge in [0.25, 0.3) is 0 Å². The van der Waals surface area contributed by atoms with Crippen LogP contribution in [0.4, 0.5) is 14.5 Å². The molecule has 0 unspecified atom stereocenters. The summed E-state index contributed by atoms with van der Waals surface area (Å²) in [5.74, 6) is 7.02. The van der Waals surface area contributed by atoms with Crippen molar-refractivity contribution in [2.24, 2.45) is 0 Å². The van der Waals surface area contributed by atoms with E-state index in [4.69, 9.17) is 0 Å². The number of rotatable bonds is 7. The highest BCUT2D eigenvalue weighted by Gasteiger charge is 2.17. The number of pyridine rings is 2. The van der Waals surface area contributed by atoms with Gasteiger partial charge in [-0.2, -0.15) is 0 Å². The molecule has 1 aromatic carbocycles. The fourth-order valence-corrected chi connectivity index (χ4v) is 6.24. The number of hydrogen-bond donors (Lipinski definition) is 1. The summed E-state index contributed by atoms with van der Waals surface area (Å²) in [6.45, 7) is 8.40. The number of anilines is 1. The molecule has 0 bridgehead atoms. The lowest BCUT2D eigenvalue weighted by molar-refractivity contribution is 0.325. The highest BCUT2D eigenvalue weighted by molar-refractivity contribution is 8.28. The van der Waals surface area contributed by atoms with Crippen LogP contribution in [0.3, 0.4) is 0 Å². The van der Waals surface area contributed by atoms with Crippen molar-refractivity contribution in [2.75, 3.05) is 17.8 Å². The van der Waals surface area contributed by atoms with E-state index in [1.807, 2.05) is 43.7 Å². The minimum Gasteiger partial charge on any atom is -0.370 e. The smallest absolute Gasteiger partial charge is 0.140 e. The van der Waals surface area contributed by atoms with Gasteiger partial charge in [0, 0.05) is 47.6 Å². The Kier molecular flexibility index (Phi) is 6.77. The molecule has 5 rings (SSSR count). The maximum absolute atomic E-state index is 14.6. The molecule has 1 N–H and O–H groups in total. The van der Waals surface area contributed by atoms with E-state index < -0.39 is 21.0 Å². The topological polar surface area (TPSA) is 45.5 Å². The summed E-state index contributed by atoms with van der Waals surface area (Å²) in [6, 6.07) is 9.47. The maximum Gasteiger partial charge on any atom is 0.140 e. The third-order valence-electron chi connectivity index (χ3n) is 6.80. The summed E-state index contributed by atoms with van der Waals surface area (Å²) < 4.78 is 33.4. The van der Waals surface area contributed by atoms with E-state index in [2.05, 4.69) is 42.3 Å². The van der Waals surface area contributed by atoms with Crippen LogP contribution >= 0.6 is 9.39 Å². The average Bonchev–Trinajstić information content (AvgIpc) is 3.31. The van der Waals surface area contributed by atoms with Gasteiger partial charge in [-0.05, 0) is 56.0 Å². The molecule has 1 fully saturated rings. The van der Waals surface area contributed by atoms with E-state index in [1.165, 1.54) is 31.4 Å². The molecular weight excluding hydrogens is 488 g/mol. The molecule has 0 saturated carbocycles. The van der Waals surface area contributed by atoms with E-state index in [0.29, 0.717) is 6.42 Å². The Labute approximate surface area is 217 Å². The molecule has 4 heterocycles. The molecule has 1 aliphatic heterocycles. The number of likely N-dealkylation sites (tertiary alicyclic amines) is 1. The minimum absolute atomic E-state index is 0.252. The van der Waals surface area contributed by atoms with Crippen molar-refractivity contribution in [1.82, 2.24) is 19.3 Å². The summed E-state index contributed by atoms with van der Waals surface area (Å²) in [6.07, 6.45) is 10.0. The van der Waals surface area contributed by atoms with E-state index in [1.54, 1.807) is 0 Å². The number of fused-ring (bicyclic) bond motifs is 1. The van der Waals surface area contributed by atoms with Crippen molar-refractivity contribution in [3.63, 3.8) is 0 Å². The molecule has 0 radical (unpaired) electrons. The minimum atomic E-state index is -2.31. The van der Waals surface area contributed by atoms with Gasteiger partial charge in [0.1, 0.15) is 17.3 Å². The van der Waals surface area contributed by atoms with Gasteiger partial charge >= 0.3 is 0 Å². The molecule has 0 spiro atoms. The zero-order valence-corrected chi connectivity index (χ0v) is 21.8. The first-order valence-corrected chi connectivity index (χ1v) is 14.4. The highest BCUT2D eigenvalue weighted by atomic mass is 32.2. The van der Waals surface area contributed by atoms with Gasteiger partial charge in [-0.3, -0.25) is 9.38 Å². The van der Waals surface area contributed by atoms with Gasteiger partial charge in [0.05, 0.1) is 29.0 Å². The lowest BCUT2D eigenvalue weighted by atomic mass is 10.1. The van der Waals surface area contributed by atoms with Crippen LogP contribution in [0.2, 0.25) is 0 Å².